The first-order chi connectivity index (χ1) is 18.5. The molecule has 2 aromatic rings. The number of rotatable bonds is 9. The highest BCUT2D eigenvalue weighted by Gasteiger charge is 2.40. The van der Waals surface area contributed by atoms with E-state index in [9.17, 15) is 4.79 Å². The molecule has 3 aliphatic rings. The van der Waals surface area contributed by atoms with Crippen molar-refractivity contribution >= 4 is 40.2 Å². The quantitative estimate of drug-likeness (QED) is 0.367. The van der Waals surface area contributed by atoms with Crippen LogP contribution in [0, 0.1) is 0 Å². The van der Waals surface area contributed by atoms with Crippen LogP contribution in [-0.4, -0.2) is 61.5 Å². The number of hydrazone groups is 1. The minimum Gasteiger partial charge on any atom is -0.493 e. The molecule has 0 saturated carbocycles. The van der Waals surface area contributed by atoms with Crippen LogP contribution in [0.15, 0.2) is 53.8 Å². The van der Waals surface area contributed by atoms with E-state index < -0.39 is 6.10 Å². The lowest BCUT2D eigenvalue weighted by atomic mass is 9.98. The number of fused-ring (bicyclic) bond motifs is 3. The molecule has 0 saturated heterocycles. The van der Waals surface area contributed by atoms with Crippen LogP contribution in [0.3, 0.4) is 0 Å². The molecular formula is C27H32ClN4O5S+. The highest BCUT2D eigenvalue weighted by atomic mass is 35.5. The normalized spacial score (nSPS) is 21.7. The Morgan fingerprint density at radius 1 is 1.24 bits per heavy atom. The molecule has 2 N–H and O–H groups in total. The summed E-state index contributed by atoms with van der Waals surface area (Å²) in [6.07, 6.45) is 5.45. The van der Waals surface area contributed by atoms with Crippen molar-refractivity contribution in [3.63, 3.8) is 0 Å². The smallest absolute Gasteiger partial charge is 0.316 e. The number of ether oxygens (including phenoxy) is 4. The summed E-state index contributed by atoms with van der Waals surface area (Å²) >= 11 is 7.88. The summed E-state index contributed by atoms with van der Waals surface area (Å²) in [5.74, 6) is 1.32. The van der Waals surface area contributed by atoms with Gasteiger partial charge in [0, 0.05) is 34.5 Å². The first-order valence-electron chi connectivity index (χ1n) is 12.6. The molecule has 2 aromatic carbocycles. The second-order valence-electron chi connectivity index (χ2n) is 9.05. The van der Waals surface area contributed by atoms with Crippen LogP contribution in [0.5, 0.6) is 11.5 Å². The van der Waals surface area contributed by atoms with E-state index >= 15 is 0 Å². The Balaban J connectivity index is 1.38. The molecule has 0 fully saturated rings. The topological polar surface area (TPSA) is 89.4 Å². The van der Waals surface area contributed by atoms with E-state index in [2.05, 4.69) is 28.3 Å². The summed E-state index contributed by atoms with van der Waals surface area (Å²) in [5.41, 5.74) is 4.89. The molecule has 202 valence electrons. The van der Waals surface area contributed by atoms with Crippen molar-refractivity contribution in [3.05, 3.63) is 64.8 Å². The summed E-state index contributed by atoms with van der Waals surface area (Å²) < 4.78 is 23.3. The van der Waals surface area contributed by atoms with Crippen molar-refractivity contribution in [1.29, 1.82) is 0 Å². The summed E-state index contributed by atoms with van der Waals surface area (Å²) in [7, 11) is 3.28. The number of esters is 1. The molecular weight excluding hydrogens is 528 g/mol. The number of amidine groups is 1. The summed E-state index contributed by atoms with van der Waals surface area (Å²) in [6, 6.07) is 11.9. The third-order valence-electron chi connectivity index (χ3n) is 6.78. The van der Waals surface area contributed by atoms with Gasteiger partial charge in [0.25, 0.3) is 0 Å². The number of anilines is 1. The number of hydrogen-bond donors (Lipinski definition) is 1. The molecule has 0 spiro atoms. The van der Waals surface area contributed by atoms with Gasteiger partial charge in [0.15, 0.2) is 11.5 Å². The van der Waals surface area contributed by atoms with Crippen molar-refractivity contribution in [2.75, 3.05) is 38.0 Å². The van der Waals surface area contributed by atoms with Gasteiger partial charge in [-0.2, -0.15) is 5.43 Å². The number of carbonyl (C=O) groups is 1. The van der Waals surface area contributed by atoms with Gasteiger partial charge < -0.3 is 23.8 Å². The lowest BCUT2D eigenvalue weighted by Crippen LogP contribution is -3.01. The second kappa shape index (κ2) is 11.9. The molecule has 0 amide bonds. The van der Waals surface area contributed by atoms with Crippen LogP contribution in [0.1, 0.15) is 37.0 Å². The van der Waals surface area contributed by atoms with E-state index in [0.29, 0.717) is 29.7 Å². The van der Waals surface area contributed by atoms with Crippen molar-refractivity contribution in [2.45, 2.75) is 38.0 Å². The molecule has 11 heteroatoms. The Labute approximate surface area is 231 Å². The maximum absolute atomic E-state index is 11.6. The van der Waals surface area contributed by atoms with Crippen LogP contribution in [0.25, 0.3) is 0 Å². The highest BCUT2D eigenvalue weighted by Crippen LogP contribution is 2.47. The number of carbonyl (C=O) groups excluding carboxylic acids is 1. The summed E-state index contributed by atoms with van der Waals surface area (Å²) in [4.78, 5) is 13.9. The molecule has 0 radical (unpaired) electrons. The van der Waals surface area contributed by atoms with Gasteiger partial charge in [-0.15, -0.1) is 5.12 Å². The molecule has 3 aliphatic heterocycles. The number of nitrogens with zero attached hydrogens (tertiary/aromatic N) is 3. The van der Waals surface area contributed by atoms with Crippen LogP contribution in [0.2, 0.25) is 5.02 Å². The largest absolute Gasteiger partial charge is 0.493 e. The van der Waals surface area contributed by atoms with Gasteiger partial charge >= 0.3 is 11.1 Å². The van der Waals surface area contributed by atoms with E-state index in [0.717, 1.165) is 34.8 Å². The van der Waals surface area contributed by atoms with Gasteiger partial charge in [-0.3, -0.25) is 4.79 Å². The summed E-state index contributed by atoms with van der Waals surface area (Å²) in [5, 5.41) is 7.91. The Morgan fingerprint density at radius 3 is 2.84 bits per heavy atom. The first-order valence-corrected chi connectivity index (χ1v) is 14.0. The van der Waals surface area contributed by atoms with Crippen molar-refractivity contribution in [1.82, 2.24) is 5.12 Å². The number of quaternary nitrogens is 1. The monoisotopic (exact) mass is 559 g/mol. The zero-order chi connectivity index (χ0) is 26.6. The van der Waals surface area contributed by atoms with E-state index in [1.165, 1.54) is 11.8 Å². The second-order valence-corrected chi connectivity index (χ2v) is 10.5. The van der Waals surface area contributed by atoms with Crippen molar-refractivity contribution in [3.8, 4) is 11.5 Å². The van der Waals surface area contributed by atoms with Gasteiger partial charge in [-0.05, 0) is 49.4 Å². The lowest BCUT2D eigenvalue weighted by molar-refractivity contribution is -0.741. The standard InChI is InChI=1S/C27H31ClN4O5S/c1-4-36-24(33)16-38-27-29-32(30-27)14-12-22-21-8-6-13-31(21)20-11-10-17(28)15-19(20)25(37-22)18-7-5-9-23(34-2)26(18)35-3/h5-7,9-11,13,15,21-22,25H,4,8,12,14,16H2,1-3H3,(H,29,30)/p+1/t21?,22?,25-/m1/s1. The fraction of sp³-hybridized carbons (Fsp3) is 0.407. The van der Waals surface area contributed by atoms with Crippen LogP contribution in [0.4, 0.5) is 5.69 Å². The van der Waals surface area contributed by atoms with Crippen LogP contribution < -0.4 is 19.8 Å². The Bertz CT molecular complexity index is 1240. The lowest BCUT2D eigenvalue weighted by Gasteiger charge is -2.32. The fourth-order valence-electron chi connectivity index (χ4n) is 5.09. The Hall–Kier alpha value is -2.92. The Morgan fingerprint density at radius 2 is 2.08 bits per heavy atom. The number of hydrogen-bond acceptors (Lipinski definition) is 9. The molecule has 9 nitrogen and oxygen atoms in total. The molecule has 5 rings (SSSR count). The molecule has 0 aromatic heterocycles. The molecule has 3 atom stereocenters. The van der Waals surface area contributed by atoms with Crippen molar-refractivity contribution in [2.24, 2.45) is 5.10 Å². The zero-order valence-electron chi connectivity index (χ0n) is 21.6. The number of methoxy groups -OCH3 is 2. The van der Waals surface area contributed by atoms with Gasteiger partial charge in [0.1, 0.15) is 11.9 Å². The minimum absolute atomic E-state index is 0.100. The third-order valence-corrected chi connectivity index (χ3v) is 7.88. The highest BCUT2D eigenvalue weighted by molar-refractivity contribution is 8.13. The molecule has 2 unspecified atom stereocenters. The molecule has 0 bridgehead atoms. The van der Waals surface area contributed by atoms with Crippen LogP contribution >= 0.6 is 23.4 Å². The SMILES string of the molecule is CCOC(=O)CSC1=NN(CCC2O[C@H](c3cccc(OC)c3OC)c3cc(Cl)ccc3N3C=CCC23)[NH2+]1. The maximum atomic E-state index is 11.6. The first kappa shape index (κ1) is 26.7. The van der Waals surface area contributed by atoms with E-state index in [-0.39, 0.29) is 23.9 Å². The number of para-hydroxylation sites is 1. The zero-order valence-corrected chi connectivity index (χ0v) is 23.2. The van der Waals surface area contributed by atoms with Gasteiger partial charge in [-0.1, -0.05) is 34.9 Å². The predicted octanol–water partition coefficient (Wildman–Crippen LogP) is 3.69. The third kappa shape index (κ3) is 5.44. The average molecular weight is 560 g/mol. The Kier molecular flexibility index (Phi) is 8.32. The van der Waals surface area contributed by atoms with Gasteiger partial charge in [-0.25, -0.2) is 0 Å². The molecule has 3 heterocycles. The molecule has 0 aliphatic carbocycles. The number of benzene rings is 2. The summed E-state index contributed by atoms with van der Waals surface area (Å²) in [6.45, 7) is 2.88. The fourth-order valence-corrected chi connectivity index (χ4v) is 5.97. The van der Waals surface area contributed by atoms with E-state index in [1.807, 2.05) is 40.9 Å². The number of thioether (sulfide) groups is 1. The van der Waals surface area contributed by atoms with Crippen LogP contribution in [-0.2, 0) is 14.3 Å². The van der Waals surface area contributed by atoms with E-state index in [4.69, 9.17) is 30.5 Å². The van der Waals surface area contributed by atoms with Gasteiger partial charge in [0.05, 0.1) is 39.5 Å². The predicted molar refractivity (Wildman–Crippen MR) is 148 cm³/mol. The number of nitrogens with two attached hydrogens (primary N) is 1. The van der Waals surface area contributed by atoms with E-state index in [1.54, 1.807) is 21.1 Å². The minimum atomic E-state index is -0.405. The van der Waals surface area contributed by atoms with Gasteiger partial charge in [0.2, 0.25) is 0 Å². The average Bonchev–Trinajstić information content (AvgIpc) is 3.34. The number of halogens is 1. The van der Waals surface area contributed by atoms with Crippen molar-refractivity contribution < 1.29 is 29.2 Å². The maximum Gasteiger partial charge on any atom is 0.316 e. The molecule has 38 heavy (non-hydrogen) atoms.